The third-order valence-corrected chi connectivity index (χ3v) is 3.46. The van der Waals surface area contributed by atoms with Gasteiger partial charge in [0.1, 0.15) is 0 Å². The van der Waals surface area contributed by atoms with Crippen molar-refractivity contribution >= 4 is 0 Å². The van der Waals surface area contributed by atoms with Crippen LogP contribution in [-0.4, -0.2) is 9.78 Å². The van der Waals surface area contributed by atoms with Gasteiger partial charge in [0.05, 0.1) is 6.54 Å². The average Bonchev–Trinajstić information content (AvgIpc) is 2.69. The molecule has 0 spiro atoms. The first-order valence-electron chi connectivity index (χ1n) is 6.19. The van der Waals surface area contributed by atoms with Gasteiger partial charge < -0.3 is 0 Å². The minimum atomic E-state index is 0.107. The Kier molecular flexibility index (Phi) is 2.59. The maximum Gasteiger partial charge on any atom is 0.267 e. The highest BCUT2D eigenvalue weighted by molar-refractivity contribution is 5.23. The molecule has 0 saturated carbocycles. The lowest BCUT2D eigenvalue weighted by Crippen LogP contribution is -2.10. The van der Waals surface area contributed by atoms with Gasteiger partial charge in [-0.05, 0) is 31.2 Å². The largest absolute Gasteiger partial charge is 0.285 e. The van der Waals surface area contributed by atoms with E-state index in [9.17, 15) is 4.79 Å². The van der Waals surface area contributed by atoms with Crippen molar-refractivity contribution in [2.75, 3.05) is 0 Å². The molecular formula is C14H16N2O. The number of fused-ring (bicyclic) bond motifs is 1. The molecule has 1 aliphatic carbocycles. The molecule has 1 aliphatic rings. The molecule has 1 aromatic heterocycles. The van der Waals surface area contributed by atoms with E-state index >= 15 is 0 Å². The molecule has 0 saturated heterocycles. The van der Waals surface area contributed by atoms with E-state index in [1.54, 1.807) is 0 Å². The number of nitrogens with zero attached hydrogens (tertiary/aromatic N) is 1. The van der Waals surface area contributed by atoms with Crippen LogP contribution in [0.2, 0.25) is 0 Å². The Morgan fingerprint density at radius 3 is 2.71 bits per heavy atom. The highest BCUT2D eigenvalue weighted by Crippen LogP contribution is 2.18. The van der Waals surface area contributed by atoms with Crippen molar-refractivity contribution in [3.05, 3.63) is 57.5 Å². The fourth-order valence-electron chi connectivity index (χ4n) is 2.59. The molecule has 17 heavy (non-hydrogen) atoms. The second-order valence-electron chi connectivity index (χ2n) is 4.65. The SMILES string of the molecule is O=c1[nH]n(Cc2ccccc2)c2c1CCCC2. The van der Waals surface area contributed by atoms with Crippen molar-refractivity contribution in [3.8, 4) is 0 Å². The van der Waals surface area contributed by atoms with E-state index in [2.05, 4.69) is 17.2 Å². The zero-order valence-corrected chi connectivity index (χ0v) is 9.78. The molecular weight excluding hydrogens is 212 g/mol. The summed E-state index contributed by atoms with van der Waals surface area (Å²) in [6.45, 7) is 0.769. The summed E-state index contributed by atoms with van der Waals surface area (Å²) >= 11 is 0. The van der Waals surface area contributed by atoms with E-state index in [-0.39, 0.29) is 5.56 Å². The van der Waals surface area contributed by atoms with Gasteiger partial charge in [-0.15, -0.1) is 0 Å². The number of aromatic amines is 1. The van der Waals surface area contributed by atoms with Crippen LogP contribution in [0.5, 0.6) is 0 Å². The summed E-state index contributed by atoms with van der Waals surface area (Å²) in [7, 11) is 0. The molecule has 3 nitrogen and oxygen atoms in total. The summed E-state index contributed by atoms with van der Waals surface area (Å²) in [6.07, 6.45) is 4.30. The Bertz CT molecular complexity index is 566. The molecule has 88 valence electrons. The van der Waals surface area contributed by atoms with Gasteiger partial charge in [-0.2, -0.15) is 0 Å². The molecule has 2 aromatic rings. The third kappa shape index (κ3) is 1.93. The number of hydrogen-bond donors (Lipinski definition) is 1. The lowest BCUT2D eigenvalue weighted by Gasteiger charge is -2.13. The smallest absolute Gasteiger partial charge is 0.267 e. The van der Waals surface area contributed by atoms with E-state index in [1.165, 1.54) is 17.7 Å². The van der Waals surface area contributed by atoms with Gasteiger partial charge in [-0.1, -0.05) is 30.3 Å². The van der Waals surface area contributed by atoms with Gasteiger partial charge in [0.2, 0.25) is 0 Å². The molecule has 1 heterocycles. The van der Waals surface area contributed by atoms with Gasteiger partial charge in [-0.25, -0.2) is 0 Å². The predicted octanol–water partition coefficient (Wildman–Crippen LogP) is 2.10. The highest BCUT2D eigenvalue weighted by Gasteiger charge is 2.17. The van der Waals surface area contributed by atoms with Crippen molar-refractivity contribution in [3.63, 3.8) is 0 Å². The molecule has 0 unspecified atom stereocenters. The molecule has 0 amide bonds. The topological polar surface area (TPSA) is 37.8 Å². The minimum absolute atomic E-state index is 0.107. The van der Waals surface area contributed by atoms with Crippen molar-refractivity contribution in [1.82, 2.24) is 9.78 Å². The van der Waals surface area contributed by atoms with Crippen molar-refractivity contribution in [2.24, 2.45) is 0 Å². The normalized spacial score (nSPS) is 14.6. The van der Waals surface area contributed by atoms with Crippen LogP contribution in [0.3, 0.4) is 0 Å². The third-order valence-electron chi connectivity index (χ3n) is 3.46. The van der Waals surface area contributed by atoms with Crippen LogP contribution in [0, 0.1) is 0 Å². The Hall–Kier alpha value is -1.77. The fraction of sp³-hybridized carbons (Fsp3) is 0.357. The lowest BCUT2D eigenvalue weighted by molar-refractivity contribution is 0.595. The maximum absolute atomic E-state index is 11.8. The molecule has 3 heteroatoms. The Morgan fingerprint density at radius 2 is 1.88 bits per heavy atom. The molecule has 1 aromatic carbocycles. The van der Waals surface area contributed by atoms with Crippen LogP contribution >= 0.6 is 0 Å². The fourth-order valence-corrected chi connectivity index (χ4v) is 2.59. The standard InChI is InChI=1S/C14H16N2O/c17-14-12-8-4-5-9-13(12)16(15-14)10-11-6-2-1-3-7-11/h1-3,6-7H,4-5,8-10H2,(H,15,17). The molecule has 0 radical (unpaired) electrons. The molecule has 0 bridgehead atoms. The second-order valence-corrected chi connectivity index (χ2v) is 4.65. The first-order valence-corrected chi connectivity index (χ1v) is 6.19. The Balaban J connectivity index is 1.96. The number of H-pyrrole nitrogens is 1. The minimum Gasteiger partial charge on any atom is -0.285 e. The number of hydrogen-bond acceptors (Lipinski definition) is 1. The van der Waals surface area contributed by atoms with Crippen molar-refractivity contribution in [1.29, 1.82) is 0 Å². The summed E-state index contributed by atoms with van der Waals surface area (Å²) < 4.78 is 2.02. The first kappa shape index (κ1) is 10.4. The molecule has 1 N–H and O–H groups in total. The number of aromatic nitrogens is 2. The van der Waals surface area contributed by atoms with Gasteiger partial charge in [-0.3, -0.25) is 14.6 Å². The van der Waals surface area contributed by atoms with E-state index in [0.29, 0.717) is 0 Å². The quantitative estimate of drug-likeness (QED) is 0.839. The van der Waals surface area contributed by atoms with Crippen LogP contribution in [0.15, 0.2) is 35.1 Å². The number of rotatable bonds is 2. The molecule has 0 fully saturated rings. The van der Waals surface area contributed by atoms with Gasteiger partial charge in [0.25, 0.3) is 5.56 Å². The van der Waals surface area contributed by atoms with Gasteiger partial charge >= 0.3 is 0 Å². The average molecular weight is 228 g/mol. The summed E-state index contributed by atoms with van der Waals surface area (Å²) in [4.78, 5) is 11.8. The van der Waals surface area contributed by atoms with E-state index in [4.69, 9.17) is 0 Å². The molecule has 3 rings (SSSR count). The van der Waals surface area contributed by atoms with E-state index in [0.717, 1.165) is 31.4 Å². The summed E-state index contributed by atoms with van der Waals surface area (Å²) in [5.41, 5.74) is 3.56. The van der Waals surface area contributed by atoms with Crippen molar-refractivity contribution < 1.29 is 0 Å². The molecule has 0 aliphatic heterocycles. The Labute approximate surface area is 100 Å². The Morgan fingerprint density at radius 1 is 1.12 bits per heavy atom. The van der Waals surface area contributed by atoms with Crippen molar-refractivity contribution in [2.45, 2.75) is 32.2 Å². The predicted molar refractivity (Wildman–Crippen MR) is 67.2 cm³/mol. The second kappa shape index (κ2) is 4.24. The zero-order chi connectivity index (χ0) is 11.7. The van der Waals surface area contributed by atoms with Gasteiger partial charge in [0.15, 0.2) is 0 Å². The highest BCUT2D eigenvalue weighted by atomic mass is 16.1. The zero-order valence-electron chi connectivity index (χ0n) is 9.78. The number of nitrogens with one attached hydrogen (secondary N) is 1. The monoisotopic (exact) mass is 228 g/mol. The van der Waals surface area contributed by atoms with E-state index < -0.39 is 0 Å². The van der Waals surface area contributed by atoms with Crippen LogP contribution in [0.1, 0.15) is 29.7 Å². The maximum atomic E-state index is 11.8. The summed E-state index contributed by atoms with van der Waals surface area (Å²) in [5.74, 6) is 0. The van der Waals surface area contributed by atoms with Crippen LogP contribution in [0.25, 0.3) is 0 Å². The van der Waals surface area contributed by atoms with E-state index in [1.807, 2.05) is 22.9 Å². The lowest BCUT2D eigenvalue weighted by atomic mass is 9.98. The first-order chi connectivity index (χ1) is 8.34. The summed E-state index contributed by atoms with van der Waals surface area (Å²) in [5, 5.41) is 2.96. The van der Waals surface area contributed by atoms with Crippen LogP contribution in [-0.2, 0) is 19.4 Å². The summed E-state index contributed by atoms with van der Waals surface area (Å²) in [6, 6.07) is 10.3. The number of benzene rings is 1. The van der Waals surface area contributed by atoms with Crippen LogP contribution in [0.4, 0.5) is 0 Å². The molecule has 0 atom stereocenters. The van der Waals surface area contributed by atoms with Crippen LogP contribution < -0.4 is 5.56 Å². The van der Waals surface area contributed by atoms with Gasteiger partial charge in [0, 0.05) is 11.3 Å².